The van der Waals surface area contributed by atoms with Crippen LogP contribution in [-0.2, 0) is 0 Å². The SMILES string of the molecule is Cc1cc(C=O)cc(C)c1OCC1(O)CCCC1. The van der Waals surface area contributed by atoms with Crippen LogP contribution in [0.5, 0.6) is 5.75 Å². The van der Waals surface area contributed by atoms with Gasteiger partial charge >= 0.3 is 0 Å². The van der Waals surface area contributed by atoms with Crippen LogP contribution in [0.15, 0.2) is 12.1 Å². The van der Waals surface area contributed by atoms with Gasteiger partial charge in [0.1, 0.15) is 18.6 Å². The predicted molar refractivity (Wildman–Crippen MR) is 70.2 cm³/mol. The fraction of sp³-hybridized carbons (Fsp3) is 0.533. The van der Waals surface area contributed by atoms with Crippen molar-refractivity contribution in [2.45, 2.75) is 45.1 Å². The summed E-state index contributed by atoms with van der Waals surface area (Å²) in [5.74, 6) is 0.793. The molecule has 1 N–H and O–H groups in total. The monoisotopic (exact) mass is 248 g/mol. The van der Waals surface area contributed by atoms with Gasteiger partial charge in [0.25, 0.3) is 0 Å². The van der Waals surface area contributed by atoms with Crippen molar-refractivity contribution in [1.29, 1.82) is 0 Å². The Morgan fingerprint density at radius 2 is 1.83 bits per heavy atom. The Morgan fingerprint density at radius 1 is 1.28 bits per heavy atom. The Bertz CT molecular complexity index is 422. The lowest BCUT2D eigenvalue weighted by molar-refractivity contribution is 0.00103. The molecule has 1 aromatic carbocycles. The number of carbonyl (C=O) groups is 1. The van der Waals surface area contributed by atoms with Gasteiger partial charge < -0.3 is 9.84 Å². The molecule has 1 saturated carbocycles. The third-order valence-electron chi connectivity index (χ3n) is 3.64. The first-order chi connectivity index (χ1) is 8.54. The zero-order valence-electron chi connectivity index (χ0n) is 11.0. The minimum absolute atomic E-state index is 0.342. The molecule has 0 heterocycles. The second kappa shape index (κ2) is 5.11. The van der Waals surface area contributed by atoms with Crippen LogP contribution in [0.1, 0.15) is 47.2 Å². The van der Waals surface area contributed by atoms with Crippen molar-refractivity contribution in [3.8, 4) is 5.75 Å². The van der Waals surface area contributed by atoms with E-state index >= 15 is 0 Å². The average molecular weight is 248 g/mol. The molecule has 0 radical (unpaired) electrons. The molecule has 0 aromatic heterocycles. The molecule has 0 atom stereocenters. The van der Waals surface area contributed by atoms with Crippen molar-refractivity contribution in [1.82, 2.24) is 0 Å². The van der Waals surface area contributed by atoms with Crippen molar-refractivity contribution in [2.75, 3.05) is 6.61 Å². The van der Waals surface area contributed by atoms with E-state index in [-0.39, 0.29) is 0 Å². The molecule has 3 nitrogen and oxygen atoms in total. The van der Waals surface area contributed by atoms with Crippen molar-refractivity contribution in [3.63, 3.8) is 0 Å². The molecule has 1 fully saturated rings. The maximum absolute atomic E-state index is 10.8. The standard InChI is InChI=1S/C15H20O3/c1-11-7-13(9-16)8-12(2)14(11)18-10-15(17)5-3-4-6-15/h7-9,17H,3-6,10H2,1-2H3. The summed E-state index contributed by atoms with van der Waals surface area (Å²) in [7, 11) is 0. The lowest BCUT2D eigenvalue weighted by Crippen LogP contribution is -2.32. The molecule has 0 spiro atoms. The summed E-state index contributed by atoms with van der Waals surface area (Å²) in [5, 5.41) is 10.3. The molecule has 3 heteroatoms. The van der Waals surface area contributed by atoms with E-state index < -0.39 is 5.60 Å². The smallest absolute Gasteiger partial charge is 0.150 e. The summed E-state index contributed by atoms with van der Waals surface area (Å²) >= 11 is 0. The van der Waals surface area contributed by atoms with Crippen LogP contribution in [0.4, 0.5) is 0 Å². The van der Waals surface area contributed by atoms with E-state index in [1.54, 1.807) is 0 Å². The molecular weight excluding hydrogens is 228 g/mol. The van der Waals surface area contributed by atoms with E-state index in [1.807, 2.05) is 26.0 Å². The lowest BCUT2D eigenvalue weighted by atomic mass is 10.0. The van der Waals surface area contributed by atoms with Crippen molar-refractivity contribution in [3.05, 3.63) is 28.8 Å². The van der Waals surface area contributed by atoms with Gasteiger partial charge in [0.15, 0.2) is 0 Å². The lowest BCUT2D eigenvalue weighted by Gasteiger charge is -2.23. The van der Waals surface area contributed by atoms with Gasteiger partial charge in [0, 0.05) is 5.56 Å². The number of rotatable bonds is 4. The highest BCUT2D eigenvalue weighted by Crippen LogP contribution is 2.31. The van der Waals surface area contributed by atoms with Gasteiger partial charge in [-0.2, -0.15) is 0 Å². The zero-order chi connectivity index (χ0) is 13.2. The van der Waals surface area contributed by atoms with E-state index in [1.165, 1.54) is 0 Å². The van der Waals surface area contributed by atoms with Crippen molar-refractivity contribution in [2.24, 2.45) is 0 Å². The minimum atomic E-state index is -0.664. The molecule has 0 bridgehead atoms. The van der Waals surface area contributed by atoms with Crippen LogP contribution in [0.25, 0.3) is 0 Å². The van der Waals surface area contributed by atoms with Gasteiger partial charge in [-0.3, -0.25) is 4.79 Å². The molecule has 0 unspecified atom stereocenters. The Morgan fingerprint density at radius 3 is 2.33 bits per heavy atom. The van der Waals surface area contributed by atoms with Crippen LogP contribution in [-0.4, -0.2) is 23.6 Å². The maximum atomic E-state index is 10.8. The molecule has 1 aliphatic carbocycles. The highest BCUT2D eigenvalue weighted by molar-refractivity contribution is 5.76. The Balaban J connectivity index is 2.11. The molecular formula is C15H20O3. The highest BCUT2D eigenvalue weighted by Gasteiger charge is 2.32. The normalized spacial score (nSPS) is 17.7. The first-order valence-electron chi connectivity index (χ1n) is 6.46. The summed E-state index contributed by atoms with van der Waals surface area (Å²) in [6.45, 7) is 4.19. The van der Waals surface area contributed by atoms with E-state index in [2.05, 4.69) is 0 Å². The van der Waals surface area contributed by atoms with Gasteiger partial charge in [-0.1, -0.05) is 12.8 Å². The fourth-order valence-electron chi connectivity index (χ4n) is 2.66. The van der Waals surface area contributed by atoms with E-state index in [0.29, 0.717) is 12.2 Å². The zero-order valence-corrected chi connectivity index (χ0v) is 11.0. The Hall–Kier alpha value is -1.35. The molecule has 0 saturated heterocycles. The summed E-state index contributed by atoms with van der Waals surface area (Å²) in [6, 6.07) is 3.63. The predicted octanol–water partition coefficient (Wildman–Crippen LogP) is 2.80. The fourth-order valence-corrected chi connectivity index (χ4v) is 2.66. The molecule has 18 heavy (non-hydrogen) atoms. The number of benzene rings is 1. The topological polar surface area (TPSA) is 46.5 Å². The van der Waals surface area contributed by atoms with Gasteiger partial charge in [0.2, 0.25) is 0 Å². The minimum Gasteiger partial charge on any atom is -0.490 e. The maximum Gasteiger partial charge on any atom is 0.150 e. The first-order valence-corrected chi connectivity index (χ1v) is 6.46. The number of aliphatic hydroxyl groups is 1. The summed E-state index contributed by atoms with van der Waals surface area (Å²) in [5.41, 5.74) is 1.89. The number of aldehydes is 1. The Labute approximate surface area is 108 Å². The quantitative estimate of drug-likeness (QED) is 0.833. The first kappa shape index (κ1) is 13.1. The third-order valence-corrected chi connectivity index (χ3v) is 3.64. The Kier molecular flexibility index (Phi) is 3.71. The van der Waals surface area contributed by atoms with E-state index in [9.17, 15) is 9.90 Å². The molecule has 1 aliphatic rings. The second-order valence-electron chi connectivity index (χ2n) is 5.32. The third kappa shape index (κ3) is 2.72. The highest BCUT2D eigenvalue weighted by atomic mass is 16.5. The van der Waals surface area contributed by atoms with Gasteiger partial charge in [-0.05, 0) is 49.9 Å². The second-order valence-corrected chi connectivity index (χ2v) is 5.32. The van der Waals surface area contributed by atoms with E-state index in [0.717, 1.165) is 48.8 Å². The summed E-state index contributed by atoms with van der Waals surface area (Å²) in [4.78, 5) is 10.8. The number of hydrogen-bond donors (Lipinski definition) is 1. The number of hydrogen-bond acceptors (Lipinski definition) is 3. The van der Waals surface area contributed by atoms with Crippen LogP contribution in [0.3, 0.4) is 0 Å². The molecule has 0 amide bonds. The number of carbonyl (C=O) groups excluding carboxylic acids is 1. The molecule has 0 aliphatic heterocycles. The van der Waals surface area contributed by atoms with Crippen LogP contribution in [0, 0.1) is 13.8 Å². The molecule has 2 rings (SSSR count). The van der Waals surface area contributed by atoms with Crippen LogP contribution >= 0.6 is 0 Å². The number of aryl methyl sites for hydroxylation is 2. The largest absolute Gasteiger partial charge is 0.490 e. The van der Waals surface area contributed by atoms with Crippen LogP contribution < -0.4 is 4.74 Å². The average Bonchev–Trinajstić information content (AvgIpc) is 2.75. The van der Waals surface area contributed by atoms with Gasteiger partial charge in [0.05, 0.1) is 5.60 Å². The van der Waals surface area contributed by atoms with Gasteiger partial charge in [-0.25, -0.2) is 0 Å². The molecule has 1 aromatic rings. The number of ether oxygens (including phenoxy) is 1. The van der Waals surface area contributed by atoms with Crippen molar-refractivity contribution < 1.29 is 14.6 Å². The molecule has 98 valence electrons. The summed E-state index contributed by atoms with van der Waals surface area (Å²) < 4.78 is 5.79. The van der Waals surface area contributed by atoms with Crippen molar-refractivity contribution >= 4 is 6.29 Å². The summed E-state index contributed by atoms with van der Waals surface area (Å²) in [6.07, 6.45) is 4.62. The van der Waals surface area contributed by atoms with Gasteiger partial charge in [-0.15, -0.1) is 0 Å². The van der Waals surface area contributed by atoms with E-state index in [4.69, 9.17) is 4.74 Å². The van der Waals surface area contributed by atoms with Crippen LogP contribution in [0.2, 0.25) is 0 Å².